The lowest BCUT2D eigenvalue weighted by atomic mass is 10.0. The van der Waals surface area contributed by atoms with Gasteiger partial charge in [-0.1, -0.05) is 11.6 Å². The van der Waals surface area contributed by atoms with Crippen LogP contribution in [0.4, 0.5) is 5.82 Å². The summed E-state index contributed by atoms with van der Waals surface area (Å²) in [6, 6.07) is 1.27. The lowest BCUT2D eigenvalue weighted by molar-refractivity contribution is -0.150. The molecule has 0 unspecified atom stereocenters. The molecule has 1 fully saturated rings. The number of pyridine rings is 1. The number of rotatable bonds is 4. The van der Waals surface area contributed by atoms with Gasteiger partial charge in [0.2, 0.25) is 10.0 Å². The van der Waals surface area contributed by atoms with Gasteiger partial charge in [-0.15, -0.1) is 0 Å². The van der Waals surface area contributed by atoms with Gasteiger partial charge in [0.05, 0.1) is 5.02 Å². The van der Waals surface area contributed by atoms with Crippen molar-refractivity contribution in [3.63, 3.8) is 0 Å². The lowest BCUT2D eigenvalue weighted by Crippen LogP contribution is -2.58. The van der Waals surface area contributed by atoms with E-state index in [0.29, 0.717) is 13.1 Å². The van der Waals surface area contributed by atoms with E-state index in [2.05, 4.69) is 4.98 Å². The number of aliphatic carboxylic acids is 1. The smallest absolute Gasteiger partial charge is 0.323 e. The molecule has 0 radical (unpaired) electrons. The molecule has 0 aliphatic carbocycles. The Bertz CT molecular complexity index is 715. The summed E-state index contributed by atoms with van der Waals surface area (Å²) in [5.41, 5.74) is 4.61. The average molecular weight is 363 g/mol. The van der Waals surface area contributed by atoms with Crippen LogP contribution in [0, 0.1) is 0 Å². The number of carboxylic acids is 1. The summed E-state index contributed by atoms with van der Waals surface area (Å²) in [6.07, 6.45) is 1.28. The Kier molecular flexibility index (Phi) is 4.86. The predicted octanol–water partition coefficient (Wildman–Crippen LogP) is 0.487. The Balaban J connectivity index is 2.19. The molecule has 0 atom stereocenters. The van der Waals surface area contributed by atoms with Crippen LogP contribution in [0.1, 0.15) is 13.8 Å². The van der Waals surface area contributed by atoms with Crippen LogP contribution in [-0.2, 0) is 14.8 Å². The van der Waals surface area contributed by atoms with Crippen molar-refractivity contribution in [3.05, 3.63) is 17.3 Å². The zero-order chi connectivity index (χ0) is 17.4. The van der Waals surface area contributed by atoms with Gasteiger partial charge in [0.25, 0.3) is 0 Å². The molecule has 8 nitrogen and oxygen atoms in total. The molecule has 10 heteroatoms. The van der Waals surface area contributed by atoms with E-state index in [1.165, 1.54) is 16.6 Å². The first kappa shape index (κ1) is 17.9. The maximum atomic E-state index is 12.7. The van der Waals surface area contributed by atoms with Crippen LogP contribution in [0.2, 0.25) is 5.02 Å². The molecule has 2 heterocycles. The fraction of sp³-hybridized carbons (Fsp3) is 0.538. The third-order valence-electron chi connectivity index (χ3n) is 4.02. The molecule has 23 heavy (non-hydrogen) atoms. The van der Waals surface area contributed by atoms with Gasteiger partial charge in [-0.05, 0) is 19.9 Å². The zero-order valence-electron chi connectivity index (χ0n) is 12.9. The number of sulfonamides is 1. The van der Waals surface area contributed by atoms with Gasteiger partial charge in [-0.3, -0.25) is 9.69 Å². The Labute approximate surface area is 139 Å². The Morgan fingerprint density at radius 3 is 2.43 bits per heavy atom. The summed E-state index contributed by atoms with van der Waals surface area (Å²) in [5.74, 6) is -1.06. The molecule has 1 aromatic heterocycles. The molecule has 1 aliphatic rings. The molecule has 2 rings (SSSR count). The first-order chi connectivity index (χ1) is 10.6. The molecule has 1 aromatic rings. The van der Waals surface area contributed by atoms with Crippen molar-refractivity contribution in [1.82, 2.24) is 14.2 Å². The Hall–Kier alpha value is -1.42. The van der Waals surface area contributed by atoms with Gasteiger partial charge in [0.1, 0.15) is 16.3 Å². The van der Waals surface area contributed by atoms with Crippen LogP contribution in [0.25, 0.3) is 0 Å². The van der Waals surface area contributed by atoms with Gasteiger partial charge in [-0.2, -0.15) is 4.31 Å². The van der Waals surface area contributed by atoms with Crippen molar-refractivity contribution in [2.24, 2.45) is 0 Å². The quantitative estimate of drug-likeness (QED) is 0.800. The number of carbonyl (C=O) groups is 1. The summed E-state index contributed by atoms with van der Waals surface area (Å²) in [7, 11) is -3.82. The number of carboxylic acid groups (broad SMARTS) is 1. The monoisotopic (exact) mass is 362 g/mol. The van der Waals surface area contributed by atoms with Gasteiger partial charge in [-0.25, -0.2) is 13.4 Å². The molecule has 1 saturated heterocycles. The topological polar surface area (TPSA) is 117 Å². The fourth-order valence-electron chi connectivity index (χ4n) is 2.40. The van der Waals surface area contributed by atoms with E-state index in [9.17, 15) is 18.3 Å². The third-order valence-corrected chi connectivity index (χ3v) is 6.15. The maximum Gasteiger partial charge on any atom is 0.323 e. The molecule has 3 N–H and O–H groups in total. The van der Waals surface area contributed by atoms with E-state index < -0.39 is 21.5 Å². The Morgan fingerprint density at radius 1 is 1.35 bits per heavy atom. The first-order valence-corrected chi connectivity index (χ1v) is 8.78. The normalized spacial score (nSPS) is 18.0. The minimum Gasteiger partial charge on any atom is -0.480 e. The second-order valence-electron chi connectivity index (χ2n) is 5.79. The van der Waals surface area contributed by atoms with Crippen molar-refractivity contribution in [2.45, 2.75) is 24.3 Å². The van der Waals surface area contributed by atoms with E-state index in [1.807, 2.05) is 0 Å². The van der Waals surface area contributed by atoms with Crippen molar-refractivity contribution in [3.8, 4) is 0 Å². The SMILES string of the molecule is CC(C)(C(=O)O)N1CCN(S(=O)(=O)c2cc(Cl)cnc2N)CC1. The molecule has 0 aromatic carbocycles. The largest absolute Gasteiger partial charge is 0.480 e. The number of nitrogens with zero attached hydrogens (tertiary/aromatic N) is 3. The summed E-state index contributed by atoms with van der Waals surface area (Å²) < 4.78 is 26.6. The van der Waals surface area contributed by atoms with Crippen LogP contribution < -0.4 is 5.73 Å². The first-order valence-electron chi connectivity index (χ1n) is 6.96. The van der Waals surface area contributed by atoms with E-state index >= 15 is 0 Å². The third kappa shape index (κ3) is 3.42. The number of aromatic nitrogens is 1. The molecular weight excluding hydrogens is 344 g/mol. The standard InChI is InChI=1S/C13H19ClN4O4S/c1-13(2,12(19)20)17-3-5-18(6-4-17)23(21,22)10-7-9(14)8-16-11(10)15/h7-8H,3-6H2,1-2H3,(H2,15,16)(H,19,20). The van der Waals surface area contributed by atoms with Crippen molar-refractivity contribution in [1.29, 1.82) is 0 Å². The minimum atomic E-state index is -3.82. The van der Waals surface area contributed by atoms with Crippen molar-refractivity contribution in [2.75, 3.05) is 31.9 Å². The number of nitrogens with two attached hydrogens (primary N) is 1. The van der Waals surface area contributed by atoms with Crippen LogP contribution in [-0.4, -0.2) is 65.4 Å². The number of anilines is 1. The van der Waals surface area contributed by atoms with Crippen LogP contribution >= 0.6 is 11.6 Å². The lowest BCUT2D eigenvalue weighted by Gasteiger charge is -2.41. The van der Waals surface area contributed by atoms with Gasteiger partial charge >= 0.3 is 5.97 Å². The van der Waals surface area contributed by atoms with E-state index in [4.69, 9.17) is 17.3 Å². The highest BCUT2D eigenvalue weighted by Gasteiger charge is 2.39. The molecule has 0 saturated carbocycles. The summed E-state index contributed by atoms with van der Waals surface area (Å²) in [6.45, 7) is 4.16. The molecule has 0 amide bonds. The van der Waals surface area contributed by atoms with Gasteiger partial charge in [0, 0.05) is 32.4 Å². The number of halogens is 1. The summed E-state index contributed by atoms with van der Waals surface area (Å²) in [5, 5.41) is 9.43. The van der Waals surface area contributed by atoms with Crippen molar-refractivity contribution >= 4 is 33.4 Å². The number of nitrogen functional groups attached to an aromatic ring is 1. The molecule has 0 spiro atoms. The fourth-order valence-corrected chi connectivity index (χ4v) is 4.14. The van der Waals surface area contributed by atoms with Gasteiger partial charge < -0.3 is 10.8 Å². The molecule has 0 bridgehead atoms. The number of piperazine rings is 1. The number of hydrogen-bond acceptors (Lipinski definition) is 6. The predicted molar refractivity (Wildman–Crippen MR) is 85.7 cm³/mol. The minimum absolute atomic E-state index is 0.109. The molecule has 128 valence electrons. The summed E-state index contributed by atoms with van der Waals surface area (Å²) >= 11 is 5.81. The second-order valence-corrected chi connectivity index (χ2v) is 8.14. The van der Waals surface area contributed by atoms with Crippen LogP contribution in [0.15, 0.2) is 17.2 Å². The summed E-state index contributed by atoms with van der Waals surface area (Å²) in [4.78, 5) is 16.7. The van der Waals surface area contributed by atoms with Crippen LogP contribution in [0.5, 0.6) is 0 Å². The Morgan fingerprint density at radius 2 is 1.91 bits per heavy atom. The van der Waals surface area contributed by atoms with Crippen molar-refractivity contribution < 1.29 is 18.3 Å². The average Bonchev–Trinajstić information content (AvgIpc) is 2.49. The van der Waals surface area contributed by atoms with Crippen LogP contribution in [0.3, 0.4) is 0 Å². The molecule has 1 aliphatic heterocycles. The second kappa shape index (κ2) is 6.23. The molecular formula is C13H19ClN4O4S. The van der Waals surface area contributed by atoms with Gasteiger partial charge in [0.15, 0.2) is 0 Å². The highest BCUT2D eigenvalue weighted by atomic mass is 35.5. The van der Waals surface area contributed by atoms with E-state index in [1.54, 1.807) is 18.7 Å². The van der Waals surface area contributed by atoms with E-state index in [-0.39, 0.29) is 28.8 Å². The number of hydrogen-bond donors (Lipinski definition) is 2. The maximum absolute atomic E-state index is 12.7. The highest BCUT2D eigenvalue weighted by Crippen LogP contribution is 2.26. The van der Waals surface area contributed by atoms with E-state index in [0.717, 1.165) is 0 Å². The zero-order valence-corrected chi connectivity index (χ0v) is 14.4. The highest BCUT2D eigenvalue weighted by molar-refractivity contribution is 7.89.